The van der Waals surface area contributed by atoms with E-state index in [0.29, 0.717) is 12.8 Å². The Hall–Kier alpha value is -2.58. The number of rotatable bonds is 4. The summed E-state index contributed by atoms with van der Waals surface area (Å²) in [4.78, 5) is 37.3. The van der Waals surface area contributed by atoms with Crippen LogP contribution in [-0.4, -0.2) is 34.9 Å². The van der Waals surface area contributed by atoms with Crippen LogP contribution in [-0.2, 0) is 15.8 Å². The van der Waals surface area contributed by atoms with E-state index in [4.69, 9.17) is 4.74 Å². The van der Waals surface area contributed by atoms with Crippen LogP contribution < -0.4 is 10.1 Å². The lowest BCUT2D eigenvalue weighted by Crippen LogP contribution is -2.44. The fourth-order valence-corrected chi connectivity index (χ4v) is 3.36. The van der Waals surface area contributed by atoms with Crippen LogP contribution in [0, 0.1) is 0 Å². The van der Waals surface area contributed by atoms with Crippen LogP contribution in [0.15, 0.2) is 24.3 Å². The van der Waals surface area contributed by atoms with Gasteiger partial charge in [0.1, 0.15) is 11.3 Å². The Morgan fingerprint density at radius 2 is 1.85 bits per heavy atom. The molecule has 1 N–H and O–H groups in total. The molecule has 26 heavy (non-hydrogen) atoms. The number of benzene rings is 1. The van der Waals surface area contributed by atoms with Gasteiger partial charge in [-0.1, -0.05) is 25.0 Å². The molecule has 1 aliphatic carbocycles. The lowest BCUT2D eigenvalue weighted by atomic mass is 9.98. The number of carbonyl (C=O) groups is 3. The average Bonchev–Trinajstić information content (AvgIpc) is 3.12. The zero-order valence-corrected chi connectivity index (χ0v) is 13.8. The maximum absolute atomic E-state index is 12.9. The summed E-state index contributed by atoms with van der Waals surface area (Å²) in [6.45, 7) is -0.237. The first-order chi connectivity index (χ1) is 12.2. The third kappa shape index (κ3) is 3.38. The van der Waals surface area contributed by atoms with E-state index in [1.165, 1.54) is 12.1 Å². The third-order valence-corrected chi connectivity index (χ3v) is 4.66. The van der Waals surface area contributed by atoms with Gasteiger partial charge in [0.05, 0.1) is 12.0 Å². The van der Waals surface area contributed by atoms with E-state index in [-0.39, 0.29) is 18.9 Å². The molecule has 1 aromatic carbocycles. The molecule has 1 aliphatic heterocycles. The summed E-state index contributed by atoms with van der Waals surface area (Å²) in [5.74, 6) is -1.94. The number of nitrogens with one attached hydrogen (secondary N) is 1. The number of hydrogen-bond acceptors (Lipinski definition) is 4. The van der Waals surface area contributed by atoms with Crippen LogP contribution in [0.3, 0.4) is 0 Å². The lowest BCUT2D eigenvalue weighted by molar-refractivity contribution is -0.142. The molecule has 140 valence electrons. The van der Waals surface area contributed by atoms with E-state index >= 15 is 0 Å². The highest BCUT2D eigenvalue weighted by Crippen LogP contribution is 2.36. The molecule has 0 atom stereocenters. The number of carbonyl (C=O) groups excluding carboxylic acids is 3. The summed E-state index contributed by atoms with van der Waals surface area (Å²) in [7, 11) is 0. The van der Waals surface area contributed by atoms with Crippen LogP contribution >= 0.6 is 0 Å². The molecule has 0 radical (unpaired) electrons. The standard InChI is InChI=1S/C17H17F3N2O4/c18-17(19,20)11-5-1-2-6-12(11)26-13(23)7-10-22-14(24)16(21-15(22)25)8-3-4-9-16/h1-2,5-6H,3-4,7-10H2,(H,21,25). The smallest absolute Gasteiger partial charge is 0.419 e. The summed E-state index contributed by atoms with van der Waals surface area (Å²) in [5.41, 5.74) is -1.95. The van der Waals surface area contributed by atoms with Crippen molar-refractivity contribution in [2.24, 2.45) is 0 Å². The highest BCUT2D eigenvalue weighted by atomic mass is 19.4. The number of ether oxygens (including phenoxy) is 1. The Kier molecular flexibility index (Phi) is 4.64. The average molecular weight is 370 g/mol. The van der Waals surface area contributed by atoms with Crippen molar-refractivity contribution in [1.29, 1.82) is 0 Å². The number of alkyl halides is 3. The molecule has 3 amide bonds. The van der Waals surface area contributed by atoms with Gasteiger partial charge in [-0.2, -0.15) is 13.2 Å². The summed E-state index contributed by atoms with van der Waals surface area (Å²) < 4.78 is 43.5. The number of urea groups is 1. The van der Waals surface area contributed by atoms with Crippen molar-refractivity contribution in [3.8, 4) is 5.75 Å². The van der Waals surface area contributed by atoms with Crippen molar-refractivity contribution in [3.63, 3.8) is 0 Å². The van der Waals surface area contributed by atoms with Crippen LogP contribution in [0.1, 0.15) is 37.7 Å². The highest BCUT2D eigenvalue weighted by molar-refractivity contribution is 6.07. The molecular formula is C17H17F3N2O4. The quantitative estimate of drug-likeness (QED) is 0.502. The van der Waals surface area contributed by atoms with E-state index in [0.717, 1.165) is 29.9 Å². The minimum Gasteiger partial charge on any atom is -0.426 e. The maximum Gasteiger partial charge on any atom is 0.419 e. The first kappa shape index (κ1) is 18.2. The second-order valence-electron chi connectivity index (χ2n) is 6.39. The van der Waals surface area contributed by atoms with Gasteiger partial charge in [0.2, 0.25) is 0 Å². The van der Waals surface area contributed by atoms with Crippen molar-refractivity contribution in [2.45, 2.75) is 43.8 Å². The van der Waals surface area contributed by atoms with Gasteiger partial charge >= 0.3 is 18.2 Å². The Balaban J connectivity index is 1.62. The summed E-state index contributed by atoms with van der Waals surface area (Å²) in [5, 5.41) is 2.67. The molecule has 6 nitrogen and oxygen atoms in total. The molecule has 9 heteroatoms. The van der Waals surface area contributed by atoms with Crippen molar-refractivity contribution < 1.29 is 32.3 Å². The second kappa shape index (κ2) is 6.62. The van der Waals surface area contributed by atoms with Gasteiger partial charge in [0, 0.05) is 6.54 Å². The number of halogens is 3. The Bertz CT molecular complexity index is 742. The summed E-state index contributed by atoms with van der Waals surface area (Å²) in [6.07, 6.45) is -2.28. The fourth-order valence-electron chi connectivity index (χ4n) is 3.36. The Morgan fingerprint density at radius 3 is 2.50 bits per heavy atom. The summed E-state index contributed by atoms with van der Waals surface area (Å²) in [6, 6.07) is 3.78. The Morgan fingerprint density at radius 1 is 1.19 bits per heavy atom. The van der Waals surface area contributed by atoms with Gasteiger partial charge < -0.3 is 10.1 Å². The molecule has 2 fully saturated rings. The van der Waals surface area contributed by atoms with Crippen LogP contribution in [0.2, 0.25) is 0 Å². The minimum absolute atomic E-state index is 0.237. The molecule has 1 saturated carbocycles. The number of hydrogen-bond donors (Lipinski definition) is 1. The third-order valence-electron chi connectivity index (χ3n) is 4.66. The first-order valence-electron chi connectivity index (χ1n) is 8.24. The van der Waals surface area contributed by atoms with Crippen molar-refractivity contribution in [2.75, 3.05) is 6.54 Å². The van der Waals surface area contributed by atoms with Gasteiger partial charge in [0.25, 0.3) is 5.91 Å². The van der Waals surface area contributed by atoms with Crippen molar-refractivity contribution in [3.05, 3.63) is 29.8 Å². The van der Waals surface area contributed by atoms with E-state index in [2.05, 4.69) is 5.32 Å². The van der Waals surface area contributed by atoms with Gasteiger partial charge in [-0.3, -0.25) is 14.5 Å². The largest absolute Gasteiger partial charge is 0.426 e. The van der Waals surface area contributed by atoms with Gasteiger partial charge in [-0.25, -0.2) is 4.79 Å². The van der Waals surface area contributed by atoms with Crippen molar-refractivity contribution >= 4 is 17.9 Å². The number of para-hydroxylation sites is 1. The normalized spacial score (nSPS) is 19.1. The van der Waals surface area contributed by atoms with Crippen molar-refractivity contribution in [1.82, 2.24) is 10.2 Å². The molecule has 0 aromatic heterocycles. The SMILES string of the molecule is O=C(CCN1C(=O)NC2(CCCC2)C1=O)Oc1ccccc1C(F)(F)F. The molecule has 0 unspecified atom stereocenters. The van der Waals surface area contributed by atoms with Crippen LogP contribution in [0.5, 0.6) is 5.75 Å². The van der Waals surface area contributed by atoms with E-state index in [1.54, 1.807) is 0 Å². The molecule has 0 bridgehead atoms. The Labute approximate surface area is 147 Å². The van der Waals surface area contributed by atoms with Crippen LogP contribution in [0.4, 0.5) is 18.0 Å². The van der Waals surface area contributed by atoms with Crippen LogP contribution in [0.25, 0.3) is 0 Å². The monoisotopic (exact) mass is 370 g/mol. The number of esters is 1. The molecule has 1 spiro atoms. The highest BCUT2D eigenvalue weighted by Gasteiger charge is 2.52. The zero-order valence-electron chi connectivity index (χ0n) is 13.8. The first-order valence-corrected chi connectivity index (χ1v) is 8.24. The second-order valence-corrected chi connectivity index (χ2v) is 6.39. The summed E-state index contributed by atoms with van der Waals surface area (Å²) >= 11 is 0. The van der Waals surface area contributed by atoms with Gasteiger partial charge in [0.15, 0.2) is 0 Å². The minimum atomic E-state index is -4.66. The topological polar surface area (TPSA) is 75.7 Å². The van der Waals surface area contributed by atoms with E-state index < -0.39 is 35.0 Å². The molecule has 1 heterocycles. The maximum atomic E-state index is 12.9. The van der Waals surface area contributed by atoms with Gasteiger partial charge in [-0.15, -0.1) is 0 Å². The number of imide groups is 1. The molecule has 3 rings (SSSR count). The molecule has 1 aromatic rings. The van der Waals surface area contributed by atoms with E-state index in [1.807, 2.05) is 0 Å². The lowest BCUT2D eigenvalue weighted by Gasteiger charge is -2.19. The van der Waals surface area contributed by atoms with Gasteiger partial charge in [-0.05, 0) is 25.0 Å². The zero-order chi connectivity index (χ0) is 18.9. The van der Waals surface area contributed by atoms with E-state index in [9.17, 15) is 27.6 Å². The molecule has 1 saturated heterocycles. The predicted octanol–water partition coefficient (Wildman–Crippen LogP) is 2.87. The predicted molar refractivity (Wildman–Crippen MR) is 83.1 cm³/mol. The number of nitrogens with zero attached hydrogens (tertiary/aromatic N) is 1. The molecular weight excluding hydrogens is 353 g/mol. The number of amides is 3. The fraction of sp³-hybridized carbons (Fsp3) is 0.471. The molecule has 2 aliphatic rings.